The Morgan fingerprint density at radius 1 is 0.909 bits per heavy atom. The van der Waals surface area contributed by atoms with Gasteiger partial charge in [-0.05, 0) is 73.2 Å². The minimum atomic E-state index is -0.349. The Morgan fingerprint density at radius 3 is 2.48 bits per heavy atom. The maximum Gasteiger partial charge on any atom is 0.291 e. The minimum Gasteiger partial charge on any atom is -0.497 e. The molecule has 2 amide bonds. The molecule has 3 aromatic carbocycles. The number of carbonyl (C=O) groups excluding carboxylic acids is 2. The van der Waals surface area contributed by atoms with Crippen LogP contribution in [-0.2, 0) is 0 Å². The van der Waals surface area contributed by atoms with Crippen LogP contribution < -0.4 is 20.7 Å². The highest BCUT2D eigenvalue weighted by molar-refractivity contribution is 7.80. The van der Waals surface area contributed by atoms with Crippen LogP contribution >= 0.6 is 12.2 Å². The molecule has 0 fully saturated rings. The van der Waals surface area contributed by atoms with Crippen molar-refractivity contribution in [2.24, 2.45) is 0 Å². The van der Waals surface area contributed by atoms with E-state index < -0.39 is 0 Å². The van der Waals surface area contributed by atoms with Gasteiger partial charge in [-0.25, -0.2) is 0 Å². The fraction of sp³-hybridized carbons (Fsp3) is 0.0800. The van der Waals surface area contributed by atoms with Crippen molar-refractivity contribution in [3.05, 3.63) is 89.7 Å². The topological polar surface area (TPSA) is 92.6 Å². The predicted molar refractivity (Wildman–Crippen MR) is 132 cm³/mol. The predicted octanol–water partition coefficient (Wildman–Crippen LogP) is 5.13. The summed E-state index contributed by atoms with van der Waals surface area (Å²) in [7, 11) is 1.54. The Labute approximate surface area is 195 Å². The number of amides is 2. The molecule has 0 aliphatic carbocycles. The molecule has 0 radical (unpaired) electrons. The first kappa shape index (κ1) is 22.0. The number of aryl methyl sites for hydroxylation is 1. The number of hydrogen-bond acceptors (Lipinski definition) is 5. The largest absolute Gasteiger partial charge is 0.497 e. The maximum absolute atomic E-state index is 12.6. The van der Waals surface area contributed by atoms with Crippen LogP contribution in [0.1, 0.15) is 26.5 Å². The summed E-state index contributed by atoms with van der Waals surface area (Å²) in [5.74, 6) is 0.130. The number of para-hydroxylation sites is 1. The Hall–Kier alpha value is -4.17. The van der Waals surface area contributed by atoms with Gasteiger partial charge >= 0.3 is 0 Å². The molecule has 0 unspecified atom stereocenters. The average Bonchev–Trinajstić information content (AvgIpc) is 3.25. The van der Waals surface area contributed by atoms with Crippen molar-refractivity contribution < 1.29 is 18.7 Å². The number of nitrogens with one attached hydrogen (secondary N) is 3. The lowest BCUT2D eigenvalue weighted by atomic mass is 10.1. The third-order valence-electron chi connectivity index (χ3n) is 4.94. The Balaban J connectivity index is 1.39. The highest BCUT2D eigenvalue weighted by atomic mass is 32.1. The number of hydrogen-bond donors (Lipinski definition) is 3. The summed E-state index contributed by atoms with van der Waals surface area (Å²) in [5.41, 5.74) is 3.20. The van der Waals surface area contributed by atoms with Gasteiger partial charge in [0.25, 0.3) is 11.8 Å². The molecule has 8 heteroatoms. The molecule has 166 valence electrons. The summed E-state index contributed by atoms with van der Waals surface area (Å²) in [4.78, 5) is 25.0. The number of rotatable bonds is 5. The first-order chi connectivity index (χ1) is 15.9. The second-order valence-corrected chi connectivity index (χ2v) is 7.68. The molecule has 1 aromatic heterocycles. The van der Waals surface area contributed by atoms with E-state index in [2.05, 4.69) is 16.0 Å². The molecule has 4 aromatic rings. The number of furan rings is 1. The first-order valence-electron chi connectivity index (χ1n) is 10.1. The summed E-state index contributed by atoms with van der Waals surface area (Å²) >= 11 is 5.26. The van der Waals surface area contributed by atoms with Gasteiger partial charge in [-0.3, -0.25) is 14.9 Å². The molecule has 0 atom stereocenters. The van der Waals surface area contributed by atoms with E-state index in [1.807, 2.05) is 37.3 Å². The van der Waals surface area contributed by atoms with Crippen LogP contribution in [0.5, 0.6) is 5.75 Å². The number of methoxy groups -OCH3 is 1. The second kappa shape index (κ2) is 9.54. The van der Waals surface area contributed by atoms with Crippen LogP contribution in [-0.4, -0.2) is 24.0 Å². The Morgan fingerprint density at radius 2 is 1.73 bits per heavy atom. The van der Waals surface area contributed by atoms with Crippen molar-refractivity contribution in [1.82, 2.24) is 5.32 Å². The molecule has 3 N–H and O–H groups in total. The van der Waals surface area contributed by atoms with E-state index in [4.69, 9.17) is 21.4 Å². The molecule has 33 heavy (non-hydrogen) atoms. The zero-order valence-electron chi connectivity index (χ0n) is 18.0. The Bertz CT molecular complexity index is 1330. The van der Waals surface area contributed by atoms with Gasteiger partial charge < -0.3 is 19.8 Å². The molecule has 4 rings (SSSR count). The number of thiocarbonyl (C=S) groups is 1. The summed E-state index contributed by atoms with van der Waals surface area (Å²) < 4.78 is 10.8. The van der Waals surface area contributed by atoms with Crippen LogP contribution in [0.2, 0.25) is 0 Å². The highest BCUT2D eigenvalue weighted by Crippen LogP contribution is 2.23. The van der Waals surface area contributed by atoms with Gasteiger partial charge in [0.1, 0.15) is 11.3 Å². The minimum absolute atomic E-state index is 0.154. The van der Waals surface area contributed by atoms with Crippen LogP contribution in [0.4, 0.5) is 11.4 Å². The number of carbonyl (C=O) groups is 2. The SMILES string of the molecule is COc1cccc(C(=O)NC(=S)Nc2ccc(NC(=O)c3cc4ccccc4o3)c(C)c2)c1. The van der Waals surface area contributed by atoms with Crippen LogP contribution in [0, 0.1) is 6.92 Å². The monoisotopic (exact) mass is 459 g/mol. The smallest absolute Gasteiger partial charge is 0.291 e. The van der Waals surface area contributed by atoms with Gasteiger partial charge in [0.15, 0.2) is 10.9 Å². The van der Waals surface area contributed by atoms with Crippen molar-refractivity contribution >= 4 is 51.5 Å². The summed E-state index contributed by atoms with van der Waals surface area (Å²) in [6.45, 7) is 1.86. The van der Waals surface area contributed by atoms with Crippen LogP contribution in [0.15, 0.2) is 77.2 Å². The molecule has 0 aliphatic rings. The molecule has 7 nitrogen and oxygen atoms in total. The molecule has 0 spiro atoms. The lowest BCUT2D eigenvalue weighted by Gasteiger charge is -2.13. The van der Waals surface area contributed by atoms with Gasteiger partial charge in [0.2, 0.25) is 0 Å². The van der Waals surface area contributed by atoms with E-state index in [1.165, 1.54) is 7.11 Å². The van der Waals surface area contributed by atoms with Crippen LogP contribution in [0.25, 0.3) is 11.0 Å². The lowest BCUT2D eigenvalue weighted by Crippen LogP contribution is -2.34. The normalized spacial score (nSPS) is 10.5. The molecule has 0 bridgehead atoms. The third kappa shape index (κ3) is 5.19. The molecule has 0 saturated heterocycles. The fourth-order valence-electron chi connectivity index (χ4n) is 3.26. The number of ether oxygens (including phenoxy) is 1. The van der Waals surface area contributed by atoms with E-state index in [9.17, 15) is 9.59 Å². The van der Waals surface area contributed by atoms with Gasteiger partial charge in [-0.15, -0.1) is 0 Å². The van der Waals surface area contributed by atoms with Gasteiger partial charge in [0.05, 0.1) is 7.11 Å². The van der Waals surface area contributed by atoms with Crippen molar-refractivity contribution in [2.45, 2.75) is 6.92 Å². The highest BCUT2D eigenvalue weighted by Gasteiger charge is 2.14. The van der Waals surface area contributed by atoms with E-state index in [1.54, 1.807) is 42.5 Å². The second-order valence-electron chi connectivity index (χ2n) is 7.27. The molecular weight excluding hydrogens is 438 g/mol. The van der Waals surface area contributed by atoms with E-state index in [-0.39, 0.29) is 22.7 Å². The summed E-state index contributed by atoms with van der Waals surface area (Å²) in [6, 6.07) is 21.3. The number of fused-ring (bicyclic) bond motifs is 1. The van der Waals surface area contributed by atoms with Crippen molar-refractivity contribution in [3.63, 3.8) is 0 Å². The standard InChI is InChI=1S/C25H21N3O4S/c1-15-12-18(26-25(33)28-23(29)17-7-5-8-19(13-17)31-2)10-11-20(15)27-24(30)22-14-16-6-3-4-9-21(16)32-22/h3-14H,1-2H3,(H,27,30)(H2,26,28,29,33). The zero-order valence-corrected chi connectivity index (χ0v) is 18.8. The zero-order chi connectivity index (χ0) is 23.4. The van der Waals surface area contributed by atoms with Crippen molar-refractivity contribution in [1.29, 1.82) is 0 Å². The lowest BCUT2D eigenvalue weighted by molar-refractivity contribution is 0.0975. The van der Waals surface area contributed by atoms with Crippen molar-refractivity contribution in [2.75, 3.05) is 17.7 Å². The Kier molecular flexibility index (Phi) is 6.37. The number of benzene rings is 3. The quantitative estimate of drug-likeness (QED) is 0.359. The van der Waals surface area contributed by atoms with E-state index in [0.717, 1.165) is 10.9 Å². The maximum atomic E-state index is 12.6. The third-order valence-corrected chi connectivity index (χ3v) is 5.14. The van der Waals surface area contributed by atoms with Gasteiger partial charge in [-0.1, -0.05) is 24.3 Å². The molecule has 1 heterocycles. The fourth-order valence-corrected chi connectivity index (χ4v) is 3.47. The number of anilines is 2. The van der Waals surface area contributed by atoms with Crippen molar-refractivity contribution in [3.8, 4) is 5.75 Å². The van der Waals surface area contributed by atoms with Crippen LogP contribution in [0.3, 0.4) is 0 Å². The molecule has 0 aliphatic heterocycles. The molecule has 0 saturated carbocycles. The molecular formula is C25H21N3O4S. The summed E-state index contributed by atoms with van der Waals surface area (Å²) in [6.07, 6.45) is 0. The van der Waals surface area contributed by atoms with Gasteiger partial charge in [0, 0.05) is 22.3 Å². The average molecular weight is 460 g/mol. The van der Waals surface area contributed by atoms with Gasteiger partial charge in [-0.2, -0.15) is 0 Å². The van der Waals surface area contributed by atoms with E-state index in [0.29, 0.717) is 28.3 Å². The first-order valence-corrected chi connectivity index (χ1v) is 10.5. The van der Waals surface area contributed by atoms with E-state index >= 15 is 0 Å². The summed E-state index contributed by atoms with van der Waals surface area (Å²) in [5, 5.41) is 9.50.